The number of anilines is 1. The van der Waals surface area contributed by atoms with E-state index in [2.05, 4.69) is 4.90 Å². The number of benzene rings is 4. The van der Waals surface area contributed by atoms with Crippen LogP contribution >= 0.6 is 0 Å². The molecule has 4 aromatic carbocycles. The summed E-state index contributed by atoms with van der Waals surface area (Å²) in [5, 5.41) is 0.278. The van der Waals surface area contributed by atoms with Crippen molar-refractivity contribution in [2.75, 3.05) is 31.7 Å². The second-order valence-corrected chi connectivity index (χ2v) is 12.2. The van der Waals surface area contributed by atoms with Gasteiger partial charge in [-0.3, -0.25) is 0 Å². The molecule has 0 saturated carbocycles. The van der Waals surface area contributed by atoms with Crippen LogP contribution in [0.1, 0.15) is 39.9 Å². The van der Waals surface area contributed by atoms with Crippen LogP contribution in [0, 0.1) is 0 Å². The fraction of sp³-hybridized carbons (Fsp3) is 0.281. The molecule has 1 saturated heterocycles. The smallest absolute Gasteiger partial charge is 0.491 e. The summed E-state index contributed by atoms with van der Waals surface area (Å²) in [4.78, 5) is 15.6. The van der Waals surface area contributed by atoms with Gasteiger partial charge in [-0.25, -0.2) is 4.79 Å². The molecule has 0 N–H and O–H groups in total. The molecule has 0 radical (unpaired) electrons. The quantitative estimate of drug-likeness (QED) is 0.142. The molecule has 2 aliphatic rings. The molecule has 1 unspecified atom stereocenters. The fourth-order valence-corrected chi connectivity index (χ4v) is 6.62. The van der Waals surface area contributed by atoms with Crippen molar-refractivity contribution in [1.82, 2.24) is 0 Å². The summed E-state index contributed by atoms with van der Waals surface area (Å²) >= 11 is 0. The van der Waals surface area contributed by atoms with Crippen LogP contribution in [-0.4, -0.2) is 46.7 Å². The number of hydrogen-bond acceptors (Lipinski definition) is 7. The van der Waals surface area contributed by atoms with Gasteiger partial charge in [-0.1, -0.05) is 66.7 Å². The zero-order chi connectivity index (χ0) is 30.4. The van der Waals surface area contributed by atoms with Gasteiger partial charge in [-0.05, 0) is 42.5 Å². The molecule has 2 heterocycles. The van der Waals surface area contributed by atoms with Gasteiger partial charge in [0.15, 0.2) is 5.75 Å². The van der Waals surface area contributed by atoms with E-state index >= 15 is 0 Å². The highest BCUT2D eigenvalue weighted by Gasteiger charge is 2.50. The number of alkyl halides is 3. The van der Waals surface area contributed by atoms with Crippen LogP contribution in [-0.2, 0) is 26.7 Å². The molecule has 43 heavy (non-hydrogen) atoms. The molecule has 1 atom stereocenters. The third kappa shape index (κ3) is 4.95. The molecule has 0 aliphatic carbocycles. The first-order valence-electron chi connectivity index (χ1n) is 13.8. The molecule has 0 aromatic heterocycles. The number of carbonyl (C=O) groups is 1. The summed E-state index contributed by atoms with van der Waals surface area (Å²) in [5.41, 5.74) is -4.06. The summed E-state index contributed by atoms with van der Waals surface area (Å²) < 4.78 is 81.3. The predicted molar refractivity (Wildman–Crippen MR) is 155 cm³/mol. The monoisotopic (exact) mass is 611 g/mol. The van der Waals surface area contributed by atoms with E-state index in [9.17, 15) is 26.4 Å². The second-order valence-electron chi connectivity index (χ2n) is 10.7. The van der Waals surface area contributed by atoms with Crippen molar-refractivity contribution in [2.24, 2.45) is 0 Å². The van der Waals surface area contributed by atoms with E-state index in [1.54, 1.807) is 12.1 Å². The van der Waals surface area contributed by atoms with E-state index in [0.717, 1.165) is 49.9 Å². The average molecular weight is 612 g/mol. The Balaban J connectivity index is 1.59. The van der Waals surface area contributed by atoms with Crippen molar-refractivity contribution in [2.45, 2.75) is 30.2 Å². The van der Waals surface area contributed by atoms with Gasteiger partial charge in [0.2, 0.25) is 0 Å². The van der Waals surface area contributed by atoms with Gasteiger partial charge in [-0.2, -0.15) is 21.6 Å². The van der Waals surface area contributed by atoms with E-state index in [1.807, 2.05) is 54.6 Å². The topological polar surface area (TPSA) is 82.1 Å². The number of hydrogen-bond donors (Lipinski definition) is 0. The summed E-state index contributed by atoms with van der Waals surface area (Å²) in [6.07, 6.45) is 2.34. The van der Waals surface area contributed by atoms with Gasteiger partial charge >= 0.3 is 21.6 Å². The molecule has 224 valence electrons. The van der Waals surface area contributed by atoms with Crippen LogP contribution in [0.2, 0.25) is 0 Å². The van der Waals surface area contributed by atoms with Crippen LogP contribution in [0.3, 0.4) is 0 Å². The first kappa shape index (κ1) is 28.9. The van der Waals surface area contributed by atoms with Crippen LogP contribution in [0.4, 0.5) is 18.9 Å². The van der Waals surface area contributed by atoms with Gasteiger partial charge in [0.05, 0.1) is 12.5 Å². The molecule has 0 spiro atoms. The first-order valence-corrected chi connectivity index (χ1v) is 15.2. The number of halogens is 3. The zero-order valence-corrected chi connectivity index (χ0v) is 24.0. The van der Waals surface area contributed by atoms with Gasteiger partial charge in [0, 0.05) is 35.1 Å². The fourth-order valence-electron chi connectivity index (χ4n) is 6.13. The minimum Gasteiger partial charge on any atom is -0.491 e. The Hall–Kier alpha value is -4.25. The highest BCUT2D eigenvalue weighted by molar-refractivity contribution is 7.88. The minimum atomic E-state index is -6.13. The van der Waals surface area contributed by atoms with Crippen LogP contribution in [0.15, 0.2) is 78.9 Å². The van der Waals surface area contributed by atoms with Crippen molar-refractivity contribution in [3.8, 4) is 11.5 Å². The molecular weight excluding hydrogens is 583 g/mol. The van der Waals surface area contributed by atoms with E-state index in [0.29, 0.717) is 5.39 Å². The Morgan fingerprint density at radius 2 is 1.49 bits per heavy atom. The summed E-state index contributed by atoms with van der Waals surface area (Å²) in [7, 11) is -5.07. The molecule has 7 nitrogen and oxygen atoms in total. The van der Waals surface area contributed by atoms with Crippen LogP contribution < -0.4 is 13.8 Å². The molecule has 1 fully saturated rings. The number of ether oxygens (including phenoxy) is 2. The SMILES string of the molecule is COC(=O)c1c2c(c3ccccc3c1OS(=O)(=O)C(F)(F)F)OCC(c1ccccc1)(c1ccc(N3CCCC3)cc1)C2. The van der Waals surface area contributed by atoms with E-state index in [-0.39, 0.29) is 29.7 Å². The Bertz CT molecular complexity index is 1790. The summed E-state index contributed by atoms with van der Waals surface area (Å²) in [5.74, 6) is -1.55. The minimum absolute atomic E-state index is 0.0309. The zero-order valence-electron chi connectivity index (χ0n) is 23.2. The maximum atomic E-state index is 13.5. The molecule has 11 heteroatoms. The van der Waals surface area contributed by atoms with Gasteiger partial charge in [-0.15, -0.1) is 0 Å². The molecule has 0 amide bonds. The number of nitrogens with zero attached hydrogens (tertiary/aromatic N) is 1. The van der Waals surface area contributed by atoms with Crippen LogP contribution in [0.25, 0.3) is 10.8 Å². The first-order chi connectivity index (χ1) is 20.6. The Labute approximate surface area is 246 Å². The summed E-state index contributed by atoms with van der Waals surface area (Å²) in [6, 6.07) is 23.6. The highest BCUT2D eigenvalue weighted by Crippen LogP contribution is 2.50. The number of methoxy groups -OCH3 is 1. The maximum absolute atomic E-state index is 13.5. The summed E-state index contributed by atoms with van der Waals surface area (Å²) in [6.45, 7) is 2.09. The van der Waals surface area contributed by atoms with Crippen molar-refractivity contribution in [3.63, 3.8) is 0 Å². The van der Waals surface area contributed by atoms with Gasteiger partial charge < -0.3 is 18.6 Å². The Morgan fingerprint density at radius 1 is 0.884 bits per heavy atom. The Morgan fingerprint density at radius 3 is 2.12 bits per heavy atom. The largest absolute Gasteiger partial charge is 0.534 e. The van der Waals surface area contributed by atoms with Crippen molar-refractivity contribution >= 4 is 32.5 Å². The maximum Gasteiger partial charge on any atom is 0.534 e. The third-order valence-electron chi connectivity index (χ3n) is 8.24. The average Bonchev–Trinajstić information content (AvgIpc) is 3.56. The Kier molecular flexibility index (Phi) is 7.24. The number of carbonyl (C=O) groups excluding carboxylic acids is 1. The van der Waals surface area contributed by atoms with Crippen molar-refractivity contribution in [3.05, 3.63) is 101 Å². The van der Waals surface area contributed by atoms with Gasteiger partial charge in [0.1, 0.15) is 17.9 Å². The van der Waals surface area contributed by atoms with Gasteiger partial charge in [0.25, 0.3) is 0 Å². The number of fused-ring (bicyclic) bond motifs is 3. The standard InChI is InChI=1S/C32H28F3NO6S/c1-40-30(37)27-26-19-31(21-9-3-2-4-10-21,22-13-15-23(16-14-22)36-17-7-8-18-36)20-41-28(26)24-11-5-6-12-25(24)29(27)42-43(38,39)32(33,34)35/h2-6,9-16H,7-8,17-20H2,1H3. The van der Waals surface area contributed by atoms with E-state index in [1.165, 1.54) is 12.1 Å². The number of rotatable bonds is 6. The second kappa shape index (κ2) is 10.8. The molecular formula is C32H28F3NO6S. The lowest BCUT2D eigenvalue weighted by atomic mass is 9.69. The van der Waals surface area contributed by atoms with E-state index in [4.69, 9.17) is 13.7 Å². The normalized spacial score (nSPS) is 18.7. The number of esters is 1. The van der Waals surface area contributed by atoms with Crippen molar-refractivity contribution in [1.29, 1.82) is 0 Å². The van der Waals surface area contributed by atoms with E-state index < -0.39 is 38.3 Å². The van der Waals surface area contributed by atoms with Crippen LogP contribution in [0.5, 0.6) is 11.5 Å². The lowest BCUT2D eigenvalue weighted by molar-refractivity contribution is -0.0500. The lowest BCUT2D eigenvalue weighted by Gasteiger charge is -2.40. The molecule has 2 aliphatic heterocycles. The molecule has 6 rings (SSSR count). The van der Waals surface area contributed by atoms with Crippen molar-refractivity contribution < 1.29 is 40.0 Å². The molecule has 4 aromatic rings. The predicted octanol–water partition coefficient (Wildman–Crippen LogP) is 6.38. The molecule has 0 bridgehead atoms. The third-order valence-corrected chi connectivity index (χ3v) is 9.20. The lowest BCUT2D eigenvalue weighted by Crippen LogP contribution is -2.41. The highest BCUT2D eigenvalue weighted by atomic mass is 32.2.